The topological polar surface area (TPSA) is 116 Å². The molecule has 0 bridgehead atoms. The summed E-state index contributed by atoms with van der Waals surface area (Å²) in [6.07, 6.45) is 12.4. The van der Waals surface area contributed by atoms with E-state index in [-0.39, 0.29) is 47.9 Å². The van der Waals surface area contributed by atoms with E-state index in [1.807, 2.05) is 42.5 Å². The van der Waals surface area contributed by atoms with Crippen molar-refractivity contribution >= 4 is 45.5 Å². The number of nitrogens with one attached hydrogen (secondary N) is 2. The fourth-order valence-electron chi connectivity index (χ4n) is 6.68. The summed E-state index contributed by atoms with van der Waals surface area (Å²) in [5.41, 5.74) is 1.80. The van der Waals surface area contributed by atoms with Crippen LogP contribution in [0.1, 0.15) is 64.8 Å². The average molecular weight is 690 g/mol. The molecular weight excluding hydrogens is 648 g/mol. The van der Waals surface area contributed by atoms with E-state index in [0.717, 1.165) is 18.4 Å². The second-order valence-electron chi connectivity index (χ2n) is 12.2. The molecule has 2 aromatic carbocycles. The van der Waals surface area contributed by atoms with Crippen molar-refractivity contribution in [3.63, 3.8) is 0 Å². The van der Waals surface area contributed by atoms with Gasteiger partial charge in [0.25, 0.3) is 11.8 Å². The van der Waals surface area contributed by atoms with Crippen LogP contribution in [0.2, 0.25) is 0 Å². The second kappa shape index (κ2) is 15.5. The minimum atomic E-state index is -0.777. The zero-order valence-corrected chi connectivity index (χ0v) is 27.7. The maximum absolute atomic E-state index is 14.2. The number of benzene rings is 2. The zero-order chi connectivity index (χ0) is 32.6. The van der Waals surface area contributed by atoms with Crippen LogP contribution in [0.25, 0.3) is 0 Å². The Labute approximate surface area is 278 Å². The molecule has 5 unspecified atom stereocenters. The Morgan fingerprint density at radius 1 is 0.935 bits per heavy atom. The van der Waals surface area contributed by atoms with E-state index in [4.69, 9.17) is 0 Å². The molecule has 3 aliphatic rings. The molecule has 1 aliphatic carbocycles. The fourth-order valence-corrected chi connectivity index (χ4v) is 7.14. The highest BCUT2D eigenvalue weighted by atomic mass is 79.9. The van der Waals surface area contributed by atoms with Gasteiger partial charge < -0.3 is 15.5 Å². The molecule has 2 heterocycles. The van der Waals surface area contributed by atoms with Crippen molar-refractivity contribution in [2.75, 3.05) is 20.1 Å². The number of unbranched alkanes of at least 4 members (excludes halogenated alkanes) is 1. The van der Waals surface area contributed by atoms with Gasteiger partial charge in [0.15, 0.2) is 0 Å². The zero-order valence-electron chi connectivity index (χ0n) is 26.1. The third kappa shape index (κ3) is 7.66. The van der Waals surface area contributed by atoms with Gasteiger partial charge >= 0.3 is 0 Å². The number of hydrogen-bond donors (Lipinski definition) is 2. The SMILES string of the molecule is CNC(=O)C(Cc1ccccc1)N1CCC(C2C=CC=CC2)CC(NC(=O)C(Br)CCCCN2C(=O)c3ccccc3C2=O)C1=O. The molecule has 0 radical (unpaired) electrons. The lowest BCUT2D eigenvalue weighted by atomic mass is 9.81. The summed E-state index contributed by atoms with van der Waals surface area (Å²) < 4.78 is 0. The molecule has 9 nitrogen and oxygen atoms in total. The van der Waals surface area contributed by atoms with Gasteiger partial charge in [-0.15, -0.1) is 0 Å². The average Bonchev–Trinajstić information content (AvgIpc) is 3.21. The maximum Gasteiger partial charge on any atom is 0.261 e. The number of carbonyl (C=O) groups excluding carboxylic acids is 5. The van der Waals surface area contributed by atoms with Crippen LogP contribution in [0.5, 0.6) is 0 Å². The number of carbonyl (C=O) groups is 5. The summed E-state index contributed by atoms with van der Waals surface area (Å²) in [7, 11) is 1.58. The van der Waals surface area contributed by atoms with Crippen LogP contribution in [0.4, 0.5) is 0 Å². The van der Waals surface area contributed by atoms with Crippen LogP contribution < -0.4 is 10.6 Å². The number of nitrogens with zero attached hydrogens (tertiary/aromatic N) is 2. The lowest BCUT2D eigenvalue weighted by Gasteiger charge is -2.32. The summed E-state index contributed by atoms with van der Waals surface area (Å²) in [6.45, 7) is 0.696. The van der Waals surface area contributed by atoms with Crippen molar-refractivity contribution in [2.24, 2.45) is 11.8 Å². The molecule has 46 heavy (non-hydrogen) atoms. The molecule has 2 N–H and O–H groups in total. The predicted molar refractivity (Wildman–Crippen MR) is 179 cm³/mol. The highest BCUT2D eigenvalue weighted by Gasteiger charge is 2.40. The summed E-state index contributed by atoms with van der Waals surface area (Å²) in [5.74, 6) is -0.963. The first-order valence-electron chi connectivity index (χ1n) is 16.1. The molecule has 1 fully saturated rings. The first kappa shape index (κ1) is 33.3. The molecule has 5 amide bonds. The van der Waals surface area contributed by atoms with E-state index >= 15 is 0 Å². The smallest absolute Gasteiger partial charge is 0.261 e. The Balaban J connectivity index is 1.23. The van der Waals surface area contributed by atoms with Gasteiger partial charge in [0, 0.05) is 26.6 Å². The number of hydrogen-bond acceptors (Lipinski definition) is 5. The van der Waals surface area contributed by atoms with Gasteiger partial charge in [-0.3, -0.25) is 28.9 Å². The van der Waals surface area contributed by atoms with Crippen LogP contribution in [0.3, 0.4) is 0 Å². The molecule has 0 spiro atoms. The lowest BCUT2D eigenvalue weighted by molar-refractivity contribution is -0.142. The molecule has 5 rings (SSSR count). The van der Waals surface area contributed by atoms with Crippen molar-refractivity contribution in [2.45, 2.75) is 61.9 Å². The third-order valence-corrected chi connectivity index (χ3v) is 10.1. The lowest BCUT2D eigenvalue weighted by Crippen LogP contribution is -2.56. The van der Waals surface area contributed by atoms with Crippen molar-refractivity contribution < 1.29 is 24.0 Å². The van der Waals surface area contributed by atoms with Crippen LogP contribution in [-0.2, 0) is 20.8 Å². The van der Waals surface area contributed by atoms with Gasteiger partial charge in [-0.05, 0) is 61.6 Å². The molecule has 0 aromatic heterocycles. The number of likely N-dealkylation sites (N-methyl/N-ethyl adjacent to an activating group) is 1. The minimum Gasteiger partial charge on any atom is -0.357 e. The number of rotatable bonds is 12. The van der Waals surface area contributed by atoms with E-state index in [2.05, 4.69) is 38.7 Å². The van der Waals surface area contributed by atoms with Gasteiger partial charge in [0.2, 0.25) is 17.7 Å². The Morgan fingerprint density at radius 3 is 2.28 bits per heavy atom. The number of allylic oxidation sites excluding steroid dienone is 4. The van der Waals surface area contributed by atoms with Crippen molar-refractivity contribution in [1.29, 1.82) is 0 Å². The highest BCUT2D eigenvalue weighted by Crippen LogP contribution is 2.32. The summed E-state index contributed by atoms with van der Waals surface area (Å²) in [4.78, 5) is 68.5. The normalized spacial score (nSPS) is 22.3. The van der Waals surface area contributed by atoms with Gasteiger partial charge in [-0.2, -0.15) is 0 Å². The van der Waals surface area contributed by atoms with Crippen LogP contribution in [0, 0.1) is 11.8 Å². The Kier molecular flexibility index (Phi) is 11.2. The van der Waals surface area contributed by atoms with Crippen molar-refractivity contribution in [1.82, 2.24) is 20.4 Å². The van der Waals surface area contributed by atoms with Crippen molar-refractivity contribution in [3.8, 4) is 0 Å². The van der Waals surface area contributed by atoms with Crippen LogP contribution >= 0.6 is 15.9 Å². The number of amides is 5. The van der Waals surface area contributed by atoms with Crippen LogP contribution in [0.15, 0.2) is 78.9 Å². The maximum atomic E-state index is 14.2. The van der Waals surface area contributed by atoms with Gasteiger partial charge in [0.05, 0.1) is 16.0 Å². The van der Waals surface area contributed by atoms with Gasteiger partial charge in [0.1, 0.15) is 12.1 Å². The summed E-state index contributed by atoms with van der Waals surface area (Å²) >= 11 is 3.52. The molecule has 10 heteroatoms. The monoisotopic (exact) mass is 688 g/mol. The molecule has 0 saturated carbocycles. The van der Waals surface area contributed by atoms with E-state index in [9.17, 15) is 24.0 Å². The third-order valence-electron chi connectivity index (χ3n) is 9.25. The minimum absolute atomic E-state index is 0.149. The molecular formula is C36H41BrN4O5. The largest absolute Gasteiger partial charge is 0.357 e. The number of alkyl halides is 1. The molecule has 2 aliphatic heterocycles. The summed E-state index contributed by atoms with van der Waals surface area (Å²) in [5, 5.41) is 5.76. The van der Waals surface area contributed by atoms with Gasteiger partial charge in [-0.25, -0.2) is 0 Å². The number of imide groups is 1. The van der Waals surface area contributed by atoms with E-state index in [1.54, 1.807) is 36.2 Å². The first-order chi connectivity index (χ1) is 22.3. The number of halogens is 1. The Hall–Kier alpha value is -4.05. The molecule has 1 saturated heterocycles. The number of fused-ring (bicyclic) bond motifs is 1. The second-order valence-corrected chi connectivity index (χ2v) is 13.3. The number of likely N-dealkylation sites (tertiary alicyclic amines) is 1. The van der Waals surface area contributed by atoms with E-state index < -0.39 is 16.9 Å². The quantitative estimate of drug-likeness (QED) is 0.195. The first-order valence-corrected chi connectivity index (χ1v) is 17.0. The molecule has 5 atom stereocenters. The standard InChI is InChI=1S/C36H41BrN4O5/c1-38-33(43)31(22-24-12-4-2-5-13-24)40-21-19-26(25-14-6-3-7-15-25)23-30(36(40)46)39-32(42)29(37)18-10-11-20-41-34(44)27-16-8-9-17-28(27)35(41)45/h2-9,12-14,16-17,25-26,29-31H,10-11,15,18-23H2,1H3,(H,38,43)(H,39,42). The van der Waals surface area contributed by atoms with E-state index in [0.29, 0.717) is 49.8 Å². The molecule has 242 valence electrons. The Bertz CT molecular complexity index is 1470. The van der Waals surface area contributed by atoms with Crippen molar-refractivity contribution in [3.05, 3.63) is 95.6 Å². The van der Waals surface area contributed by atoms with Crippen LogP contribution in [-0.4, -0.2) is 76.4 Å². The van der Waals surface area contributed by atoms with Gasteiger partial charge in [-0.1, -0.05) is 89.1 Å². The summed E-state index contributed by atoms with van der Waals surface area (Å²) in [6, 6.07) is 15.0. The van der Waals surface area contributed by atoms with E-state index in [1.165, 1.54) is 4.90 Å². The Morgan fingerprint density at radius 2 is 1.63 bits per heavy atom. The predicted octanol–water partition coefficient (Wildman–Crippen LogP) is 4.43. The fraction of sp³-hybridized carbons (Fsp3) is 0.417. The molecule has 2 aromatic rings. The highest BCUT2D eigenvalue weighted by molar-refractivity contribution is 9.10.